The fourth-order valence-corrected chi connectivity index (χ4v) is 1.37. The molecule has 3 nitrogen and oxygen atoms in total. The highest BCUT2D eigenvalue weighted by molar-refractivity contribution is 5.07. The zero-order chi connectivity index (χ0) is 8.55. The van der Waals surface area contributed by atoms with Gasteiger partial charge in [0.25, 0.3) is 0 Å². The van der Waals surface area contributed by atoms with Crippen LogP contribution in [0.4, 0.5) is 0 Å². The Bertz CT molecular complexity index is 255. The van der Waals surface area contributed by atoms with E-state index < -0.39 is 0 Å². The van der Waals surface area contributed by atoms with Gasteiger partial charge in [0.15, 0.2) is 0 Å². The number of hydrogen-bond acceptors (Lipinski definition) is 2. The highest BCUT2D eigenvalue weighted by atomic mass is 16.7. The molecule has 1 aromatic heterocycles. The summed E-state index contributed by atoms with van der Waals surface area (Å²) in [6, 6.07) is 0. The third-order valence-electron chi connectivity index (χ3n) is 2.13. The van der Waals surface area contributed by atoms with Gasteiger partial charge in [-0.25, -0.2) is 4.98 Å². The fraction of sp³-hybridized carbons (Fsp3) is 0.667. The summed E-state index contributed by atoms with van der Waals surface area (Å²) in [4.78, 5) is 9.90. The molecule has 0 fully saturated rings. The Morgan fingerprint density at radius 3 is 3.08 bits per heavy atom. The van der Waals surface area contributed by atoms with Crippen molar-refractivity contribution in [2.24, 2.45) is 0 Å². The number of nitrogens with zero attached hydrogens (tertiary/aromatic N) is 2. The predicted molar refractivity (Wildman–Crippen MR) is 46.1 cm³/mol. The summed E-state index contributed by atoms with van der Waals surface area (Å²) in [6.07, 6.45) is 4.14. The first kappa shape index (κ1) is 7.65. The van der Waals surface area contributed by atoms with E-state index in [9.17, 15) is 0 Å². The van der Waals surface area contributed by atoms with Crippen LogP contribution in [0.25, 0.3) is 0 Å². The van der Waals surface area contributed by atoms with Crippen LogP contribution in [0.2, 0.25) is 0 Å². The van der Waals surface area contributed by atoms with E-state index >= 15 is 0 Å². The molecule has 0 aromatic carbocycles. The van der Waals surface area contributed by atoms with Crippen LogP contribution < -0.4 is 4.84 Å². The van der Waals surface area contributed by atoms with E-state index in [1.165, 1.54) is 0 Å². The van der Waals surface area contributed by atoms with E-state index in [2.05, 4.69) is 18.8 Å². The van der Waals surface area contributed by atoms with E-state index in [-0.39, 0.29) is 0 Å². The number of aryl methyl sites for hydroxylation is 1. The Balaban J connectivity index is 2.32. The number of imidazole rings is 1. The van der Waals surface area contributed by atoms with Crippen LogP contribution >= 0.6 is 0 Å². The van der Waals surface area contributed by atoms with Crippen LogP contribution in [0.1, 0.15) is 37.7 Å². The first-order valence-corrected chi connectivity index (χ1v) is 4.49. The molecule has 1 aliphatic heterocycles. The lowest BCUT2D eigenvalue weighted by Crippen LogP contribution is -2.21. The SMILES string of the molecule is CC(C)c1cn2c(n1)CCCO2. The maximum atomic E-state index is 5.41. The highest BCUT2D eigenvalue weighted by Crippen LogP contribution is 2.15. The zero-order valence-corrected chi connectivity index (χ0v) is 7.58. The predicted octanol–water partition coefficient (Wildman–Crippen LogP) is 1.38. The average Bonchev–Trinajstić information content (AvgIpc) is 2.46. The maximum Gasteiger partial charge on any atom is 0.145 e. The third kappa shape index (κ3) is 1.19. The second-order valence-electron chi connectivity index (χ2n) is 3.50. The van der Waals surface area contributed by atoms with Gasteiger partial charge in [-0.3, -0.25) is 0 Å². The first-order valence-electron chi connectivity index (χ1n) is 4.49. The molecular weight excluding hydrogens is 152 g/mol. The molecule has 0 unspecified atom stereocenters. The molecule has 0 saturated heterocycles. The van der Waals surface area contributed by atoms with Crippen molar-refractivity contribution in [3.05, 3.63) is 17.7 Å². The molecular formula is C9H14N2O. The van der Waals surface area contributed by atoms with Gasteiger partial charge in [0.2, 0.25) is 0 Å². The fourth-order valence-electron chi connectivity index (χ4n) is 1.37. The minimum Gasteiger partial charge on any atom is -0.413 e. The normalized spacial score (nSPS) is 15.9. The maximum absolute atomic E-state index is 5.41. The Kier molecular flexibility index (Phi) is 1.79. The second kappa shape index (κ2) is 2.81. The van der Waals surface area contributed by atoms with Crippen molar-refractivity contribution in [2.75, 3.05) is 6.61 Å². The molecule has 66 valence electrons. The Morgan fingerprint density at radius 1 is 1.58 bits per heavy atom. The molecule has 0 atom stereocenters. The van der Waals surface area contributed by atoms with Crippen LogP contribution in [-0.2, 0) is 6.42 Å². The van der Waals surface area contributed by atoms with Gasteiger partial charge >= 0.3 is 0 Å². The standard InChI is InChI=1S/C9H14N2O/c1-7(2)8-6-11-9(10-8)4-3-5-12-11/h6-7H,3-5H2,1-2H3. The quantitative estimate of drug-likeness (QED) is 0.630. The molecule has 0 aliphatic carbocycles. The van der Waals surface area contributed by atoms with E-state index in [0.717, 1.165) is 31.0 Å². The molecule has 0 N–H and O–H groups in total. The van der Waals surface area contributed by atoms with Crippen LogP contribution in [0.3, 0.4) is 0 Å². The molecule has 0 saturated carbocycles. The third-order valence-corrected chi connectivity index (χ3v) is 2.13. The Labute approximate surface area is 72.3 Å². The van der Waals surface area contributed by atoms with Crippen molar-refractivity contribution in [2.45, 2.75) is 32.6 Å². The smallest absolute Gasteiger partial charge is 0.145 e. The lowest BCUT2D eigenvalue weighted by atomic mass is 10.2. The number of rotatable bonds is 1. The molecule has 0 bridgehead atoms. The van der Waals surface area contributed by atoms with Crippen molar-refractivity contribution in [3.63, 3.8) is 0 Å². The van der Waals surface area contributed by atoms with Gasteiger partial charge in [0.05, 0.1) is 11.9 Å². The van der Waals surface area contributed by atoms with Crippen molar-refractivity contribution >= 4 is 0 Å². The van der Waals surface area contributed by atoms with Crippen molar-refractivity contribution in [1.82, 2.24) is 9.71 Å². The zero-order valence-electron chi connectivity index (χ0n) is 7.58. The Morgan fingerprint density at radius 2 is 2.42 bits per heavy atom. The van der Waals surface area contributed by atoms with E-state index in [1.807, 2.05) is 10.9 Å². The average molecular weight is 166 g/mol. The van der Waals surface area contributed by atoms with Gasteiger partial charge in [0.1, 0.15) is 12.4 Å². The molecule has 2 heterocycles. The summed E-state index contributed by atoms with van der Waals surface area (Å²) in [6.45, 7) is 5.11. The molecule has 0 amide bonds. The number of aromatic nitrogens is 2. The van der Waals surface area contributed by atoms with E-state index in [0.29, 0.717) is 5.92 Å². The summed E-state index contributed by atoms with van der Waals surface area (Å²) >= 11 is 0. The summed E-state index contributed by atoms with van der Waals surface area (Å²) in [5.74, 6) is 1.57. The minimum atomic E-state index is 0.492. The van der Waals surface area contributed by atoms with E-state index in [1.54, 1.807) is 0 Å². The van der Waals surface area contributed by atoms with Gasteiger partial charge in [-0.15, -0.1) is 0 Å². The molecule has 1 aliphatic rings. The van der Waals surface area contributed by atoms with Gasteiger partial charge < -0.3 is 4.84 Å². The van der Waals surface area contributed by atoms with Crippen molar-refractivity contribution in [3.8, 4) is 0 Å². The van der Waals surface area contributed by atoms with Crippen LogP contribution in [0.15, 0.2) is 6.20 Å². The molecule has 0 radical (unpaired) electrons. The van der Waals surface area contributed by atoms with Crippen molar-refractivity contribution < 1.29 is 4.84 Å². The van der Waals surface area contributed by atoms with Gasteiger partial charge in [-0.2, -0.15) is 4.73 Å². The van der Waals surface area contributed by atoms with E-state index in [4.69, 9.17) is 4.84 Å². The van der Waals surface area contributed by atoms with Crippen molar-refractivity contribution in [1.29, 1.82) is 0 Å². The van der Waals surface area contributed by atoms with Crippen LogP contribution in [-0.4, -0.2) is 16.3 Å². The summed E-state index contributed by atoms with van der Waals surface area (Å²) < 4.78 is 1.82. The lowest BCUT2D eigenvalue weighted by Gasteiger charge is -2.13. The molecule has 1 aromatic rings. The second-order valence-corrected chi connectivity index (χ2v) is 3.50. The molecule has 2 rings (SSSR count). The Hall–Kier alpha value is -0.990. The highest BCUT2D eigenvalue weighted by Gasteiger charge is 2.14. The minimum absolute atomic E-state index is 0.492. The van der Waals surface area contributed by atoms with Crippen LogP contribution in [0.5, 0.6) is 0 Å². The van der Waals surface area contributed by atoms with Gasteiger partial charge in [-0.1, -0.05) is 13.8 Å². The van der Waals surface area contributed by atoms with Crippen LogP contribution in [0, 0.1) is 0 Å². The number of fused-ring (bicyclic) bond motifs is 1. The molecule has 3 heteroatoms. The molecule has 12 heavy (non-hydrogen) atoms. The monoisotopic (exact) mass is 166 g/mol. The topological polar surface area (TPSA) is 27.1 Å². The lowest BCUT2D eigenvalue weighted by molar-refractivity contribution is 0.0802. The summed E-state index contributed by atoms with van der Waals surface area (Å²) in [5.41, 5.74) is 1.13. The van der Waals surface area contributed by atoms with Gasteiger partial charge in [-0.05, 0) is 12.3 Å². The number of hydrogen-bond donors (Lipinski definition) is 0. The van der Waals surface area contributed by atoms with Gasteiger partial charge in [0, 0.05) is 6.42 Å². The first-order chi connectivity index (χ1) is 5.77. The molecule has 0 spiro atoms. The largest absolute Gasteiger partial charge is 0.413 e. The summed E-state index contributed by atoms with van der Waals surface area (Å²) in [7, 11) is 0. The summed E-state index contributed by atoms with van der Waals surface area (Å²) in [5, 5.41) is 0.